The fraction of sp³-hybridized carbons (Fsp3) is 0.889. The minimum atomic E-state index is -2.51. The van der Waals surface area contributed by atoms with Gasteiger partial charge in [-0.05, 0) is 13.0 Å². The van der Waals surface area contributed by atoms with Crippen molar-refractivity contribution in [3.05, 3.63) is 0 Å². The van der Waals surface area contributed by atoms with E-state index in [0.29, 0.717) is 19.5 Å². The zero-order valence-electron chi connectivity index (χ0n) is 7.75. The molecule has 0 spiro atoms. The van der Waals surface area contributed by atoms with Crippen LogP contribution in [-0.4, -0.2) is 41.0 Å². The molecule has 1 saturated carbocycles. The minimum Gasteiger partial charge on any atom is -0.481 e. The van der Waals surface area contributed by atoms with Crippen LogP contribution >= 0.6 is 0 Å². The van der Waals surface area contributed by atoms with Crippen LogP contribution in [0.2, 0.25) is 0 Å². The summed E-state index contributed by atoms with van der Waals surface area (Å²) in [7, 11) is 0. The highest BCUT2D eigenvalue weighted by Crippen LogP contribution is 2.41. The minimum absolute atomic E-state index is 0.0886. The average Bonchev–Trinajstić information content (AvgIpc) is 2.47. The van der Waals surface area contributed by atoms with E-state index in [1.54, 1.807) is 0 Å². The second-order valence-electron chi connectivity index (χ2n) is 4.24. The molecule has 80 valence electrons. The SMILES string of the molecule is O=C(O)[C@H]1CCN(C2CC(F)(F)C2)C1. The van der Waals surface area contributed by atoms with Crippen molar-refractivity contribution in [2.45, 2.75) is 31.2 Å². The molecule has 3 nitrogen and oxygen atoms in total. The van der Waals surface area contributed by atoms with Gasteiger partial charge in [-0.2, -0.15) is 0 Å². The third-order valence-corrected chi connectivity index (χ3v) is 3.15. The summed E-state index contributed by atoms with van der Waals surface area (Å²) in [5.74, 6) is -3.67. The van der Waals surface area contributed by atoms with Gasteiger partial charge in [-0.3, -0.25) is 9.69 Å². The number of rotatable bonds is 2. The molecule has 2 fully saturated rings. The summed E-state index contributed by atoms with van der Waals surface area (Å²) in [4.78, 5) is 12.5. The van der Waals surface area contributed by atoms with E-state index < -0.39 is 11.9 Å². The summed E-state index contributed by atoms with van der Waals surface area (Å²) in [6, 6.07) is -0.0886. The van der Waals surface area contributed by atoms with Crippen molar-refractivity contribution in [3.8, 4) is 0 Å². The van der Waals surface area contributed by atoms with Gasteiger partial charge < -0.3 is 5.11 Å². The van der Waals surface area contributed by atoms with E-state index in [-0.39, 0.29) is 24.8 Å². The first-order valence-electron chi connectivity index (χ1n) is 4.83. The van der Waals surface area contributed by atoms with Crippen LogP contribution in [0.1, 0.15) is 19.3 Å². The van der Waals surface area contributed by atoms with Crippen LogP contribution < -0.4 is 0 Å². The molecule has 1 N–H and O–H groups in total. The monoisotopic (exact) mass is 205 g/mol. The number of aliphatic carboxylic acids is 1. The van der Waals surface area contributed by atoms with Crippen LogP contribution in [0.4, 0.5) is 8.78 Å². The number of hydrogen-bond acceptors (Lipinski definition) is 2. The van der Waals surface area contributed by atoms with E-state index in [9.17, 15) is 13.6 Å². The molecule has 1 heterocycles. The predicted octanol–water partition coefficient (Wildman–Crippen LogP) is 1.19. The van der Waals surface area contributed by atoms with Crippen molar-refractivity contribution in [1.29, 1.82) is 0 Å². The molecule has 2 rings (SSSR count). The summed E-state index contributed by atoms with van der Waals surface area (Å²) in [6.45, 7) is 1.09. The van der Waals surface area contributed by atoms with Crippen LogP contribution in [0.3, 0.4) is 0 Å². The second-order valence-corrected chi connectivity index (χ2v) is 4.24. The van der Waals surface area contributed by atoms with E-state index >= 15 is 0 Å². The van der Waals surface area contributed by atoms with Gasteiger partial charge in [-0.25, -0.2) is 8.78 Å². The Morgan fingerprint density at radius 1 is 1.43 bits per heavy atom. The zero-order chi connectivity index (χ0) is 10.3. The molecule has 1 atom stereocenters. The second kappa shape index (κ2) is 3.15. The van der Waals surface area contributed by atoms with Crippen LogP contribution in [0.15, 0.2) is 0 Å². The van der Waals surface area contributed by atoms with E-state index in [1.165, 1.54) is 0 Å². The zero-order valence-corrected chi connectivity index (χ0v) is 7.75. The van der Waals surface area contributed by atoms with Gasteiger partial charge in [-0.15, -0.1) is 0 Å². The number of halogens is 2. The van der Waals surface area contributed by atoms with Crippen LogP contribution in [0.25, 0.3) is 0 Å². The van der Waals surface area contributed by atoms with Gasteiger partial charge in [0.15, 0.2) is 0 Å². The lowest BCUT2D eigenvalue weighted by Gasteiger charge is -2.40. The Hall–Kier alpha value is -0.710. The molecular formula is C9H13F2NO2. The molecule has 0 bridgehead atoms. The van der Waals surface area contributed by atoms with Crippen molar-refractivity contribution >= 4 is 5.97 Å². The molecule has 1 aliphatic carbocycles. The van der Waals surface area contributed by atoms with Crippen LogP contribution in [0.5, 0.6) is 0 Å². The lowest BCUT2D eigenvalue weighted by Crippen LogP contribution is -2.50. The van der Waals surface area contributed by atoms with Crippen LogP contribution in [-0.2, 0) is 4.79 Å². The van der Waals surface area contributed by atoms with Gasteiger partial charge in [0.1, 0.15) is 0 Å². The Morgan fingerprint density at radius 2 is 2.07 bits per heavy atom. The van der Waals surface area contributed by atoms with Crippen molar-refractivity contribution < 1.29 is 18.7 Å². The van der Waals surface area contributed by atoms with E-state index in [1.807, 2.05) is 4.90 Å². The van der Waals surface area contributed by atoms with E-state index in [0.717, 1.165) is 0 Å². The Bertz CT molecular complexity index is 249. The molecule has 0 amide bonds. The Labute approximate surface area is 80.7 Å². The van der Waals surface area contributed by atoms with E-state index in [2.05, 4.69) is 0 Å². The predicted molar refractivity (Wildman–Crippen MR) is 45.3 cm³/mol. The standard InChI is InChI=1S/C9H13F2NO2/c10-9(11)3-7(4-9)12-2-1-6(5-12)8(13)14/h6-7H,1-5H2,(H,13,14)/t6-/m0/s1. The van der Waals surface area contributed by atoms with Crippen molar-refractivity contribution in [1.82, 2.24) is 4.90 Å². The average molecular weight is 205 g/mol. The van der Waals surface area contributed by atoms with Gasteiger partial charge >= 0.3 is 5.97 Å². The fourth-order valence-corrected chi connectivity index (χ4v) is 2.21. The summed E-state index contributed by atoms with van der Waals surface area (Å²) in [6.07, 6.45) is 0.399. The highest BCUT2D eigenvalue weighted by molar-refractivity contribution is 5.70. The molecule has 1 saturated heterocycles. The molecule has 0 unspecified atom stereocenters. The number of alkyl halides is 2. The Balaban J connectivity index is 1.83. The Kier molecular flexibility index (Phi) is 2.21. The highest BCUT2D eigenvalue weighted by atomic mass is 19.3. The number of carboxylic acids is 1. The topological polar surface area (TPSA) is 40.5 Å². The number of likely N-dealkylation sites (tertiary alicyclic amines) is 1. The van der Waals surface area contributed by atoms with Gasteiger partial charge in [0.25, 0.3) is 5.92 Å². The number of nitrogens with zero attached hydrogens (tertiary/aromatic N) is 1. The normalized spacial score (nSPS) is 32.9. The van der Waals surface area contributed by atoms with Gasteiger partial charge in [0.2, 0.25) is 0 Å². The fourth-order valence-electron chi connectivity index (χ4n) is 2.21. The summed E-state index contributed by atoms with van der Waals surface area (Å²) >= 11 is 0. The molecule has 5 heteroatoms. The van der Waals surface area contributed by atoms with Gasteiger partial charge in [0, 0.05) is 25.4 Å². The first-order chi connectivity index (χ1) is 6.48. The first-order valence-corrected chi connectivity index (χ1v) is 4.83. The number of carbonyl (C=O) groups is 1. The molecule has 0 aromatic carbocycles. The maximum atomic E-state index is 12.6. The lowest BCUT2D eigenvalue weighted by atomic mass is 9.87. The van der Waals surface area contributed by atoms with E-state index in [4.69, 9.17) is 5.11 Å². The molecule has 2 aliphatic rings. The number of carboxylic acid groups (broad SMARTS) is 1. The summed E-state index contributed by atoms with van der Waals surface area (Å²) in [5.41, 5.74) is 0. The molecule has 14 heavy (non-hydrogen) atoms. The first kappa shape index (κ1) is 9.83. The van der Waals surface area contributed by atoms with Gasteiger partial charge in [-0.1, -0.05) is 0 Å². The van der Waals surface area contributed by atoms with Crippen molar-refractivity contribution in [2.75, 3.05) is 13.1 Å². The number of hydrogen-bond donors (Lipinski definition) is 1. The van der Waals surface area contributed by atoms with Crippen molar-refractivity contribution in [3.63, 3.8) is 0 Å². The smallest absolute Gasteiger partial charge is 0.307 e. The summed E-state index contributed by atoms with van der Waals surface area (Å²) < 4.78 is 25.1. The maximum Gasteiger partial charge on any atom is 0.307 e. The van der Waals surface area contributed by atoms with Gasteiger partial charge in [0.05, 0.1) is 5.92 Å². The molecule has 0 aromatic rings. The highest BCUT2D eigenvalue weighted by Gasteiger charge is 2.49. The lowest BCUT2D eigenvalue weighted by molar-refractivity contribution is -0.142. The maximum absolute atomic E-state index is 12.6. The Morgan fingerprint density at radius 3 is 2.50 bits per heavy atom. The third kappa shape index (κ3) is 1.73. The molecule has 1 aliphatic heterocycles. The van der Waals surface area contributed by atoms with Crippen LogP contribution in [0, 0.1) is 5.92 Å². The quantitative estimate of drug-likeness (QED) is 0.736. The largest absolute Gasteiger partial charge is 0.481 e. The molecule has 0 aromatic heterocycles. The molecular weight excluding hydrogens is 192 g/mol. The molecule has 0 radical (unpaired) electrons. The third-order valence-electron chi connectivity index (χ3n) is 3.15. The van der Waals surface area contributed by atoms with Crippen molar-refractivity contribution in [2.24, 2.45) is 5.92 Å². The summed E-state index contributed by atoms with van der Waals surface area (Å²) in [5, 5.41) is 8.73.